The summed E-state index contributed by atoms with van der Waals surface area (Å²) in [5.41, 5.74) is 1.83. The number of nitriles is 1. The van der Waals surface area contributed by atoms with Gasteiger partial charge in [0.25, 0.3) is 5.91 Å². The van der Waals surface area contributed by atoms with Gasteiger partial charge in [-0.3, -0.25) is 4.79 Å². The second kappa shape index (κ2) is 7.12. The smallest absolute Gasteiger partial charge is 0.262 e. The molecule has 0 spiro atoms. The molecule has 0 aromatic heterocycles. The first-order chi connectivity index (χ1) is 11.3. The van der Waals surface area contributed by atoms with Crippen molar-refractivity contribution in [3.63, 3.8) is 0 Å². The molecule has 0 aliphatic carbocycles. The summed E-state index contributed by atoms with van der Waals surface area (Å²) in [5.74, 6) is 0.439. The monoisotopic (exact) mass is 310 g/mol. The van der Waals surface area contributed by atoms with E-state index < -0.39 is 0 Å². The number of para-hydroxylation sites is 1. The lowest BCUT2D eigenvalue weighted by Gasteiger charge is -2.16. The van der Waals surface area contributed by atoms with Crippen LogP contribution < -0.4 is 10.1 Å². The Hall–Kier alpha value is -2.58. The minimum absolute atomic E-state index is 0.0583. The molecule has 0 bridgehead atoms. The van der Waals surface area contributed by atoms with Crippen LogP contribution in [-0.4, -0.2) is 31.8 Å². The highest BCUT2D eigenvalue weighted by molar-refractivity contribution is 5.98. The summed E-state index contributed by atoms with van der Waals surface area (Å²) >= 11 is 0. The fraction of sp³-hybridized carbons (Fsp3) is 0.333. The minimum Gasteiger partial charge on any atom is -0.488 e. The lowest BCUT2D eigenvalue weighted by atomic mass is 10.1. The fourth-order valence-electron chi connectivity index (χ4n) is 2.66. The van der Waals surface area contributed by atoms with E-state index in [9.17, 15) is 10.1 Å². The van der Waals surface area contributed by atoms with E-state index in [0.29, 0.717) is 13.2 Å². The topological polar surface area (TPSA) is 71.3 Å². The number of benzene rings is 1. The Morgan fingerprint density at radius 1 is 1.43 bits per heavy atom. The molecule has 23 heavy (non-hydrogen) atoms. The molecule has 2 heterocycles. The molecule has 3 rings (SSSR count). The van der Waals surface area contributed by atoms with Gasteiger partial charge in [0, 0.05) is 18.7 Å². The maximum atomic E-state index is 12.1. The van der Waals surface area contributed by atoms with Crippen molar-refractivity contribution >= 4 is 12.0 Å². The van der Waals surface area contributed by atoms with E-state index in [0.717, 1.165) is 36.3 Å². The first-order valence-electron chi connectivity index (χ1n) is 7.70. The molecule has 1 aromatic rings. The molecular formula is C18H18N2O3. The normalized spacial score (nSPS) is 20.0. The fourth-order valence-corrected chi connectivity index (χ4v) is 2.66. The molecule has 2 aliphatic heterocycles. The van der Waals surface area contributed by atoms with Gasteiger partial charge in [-0.05, 0) is 36.6 Å². The molecule has 0 unspecified atom stereocenters. The van der Waals surface area contributed by atoms with Crippen molar-refractivity contribution in [3.8, 4) is 11.8 Å². The number of carbonyl (C=O) groups is 1. The Balaban J connectivity index is 1.68. The lowest BCUT2D eigenvalue weighted by molar-refractivity contribution is -0.117. The van der Waals surface area contributed by atoms with E-state index in [-0.39, 0.29) is 17.6 Å². The average molecular weight is 310 g/mol. The Kier molecular flexibility index (Phi) is 4.74. The number of ether oxygens (including phenoxy) is 2. The van der Waals surface area contributed by atoms with E-state index >= 15 is 0 Å². The van der Waals surface area contributed by atoms with Crippen LogP contribution in [0.3, 0.4) is 0 Å². The van der Waals surface area contributed by atoms with Crippen molar-refractivity contribution in [2.24, 2.45) is 0 Å². The maximum absolute atomic E-state index is 12.1. The molecule has 1 N–H and O–H groups in total. The van der Waals surface area contributed by atoms with Crippen LogP contribution in [0.15, 0.2) is 41.5 Å². The molecule has 1 aromatic carbocycles. The molecule has 1 saturated heterocycles. The van der Waals surface area contributed by atoms with Gasteiger partial charge in [0.2, 0.25) is 0 Å². The SMILES string of the molecule is N#C/C(=C\C1=Cc2ccccc2OC1)C(=O)NC[C@H]1CCCO1. The Bertz CT molecular complexity index is 694. The van der Waals surface area contributed by atoms with E-state index in [2.05, 4.69) is 5.32 Å². The first kappa shape index (κ1) is 15.3. The number of carbonyl (C=O) groups excluding carboxylic acids is 1. The second-order valence-electron chi connectivity index (χ2n) is 5.56. The Morgan fingerprint density at radius 3 is 3.09 bits per heavy atom. The highest BCUT2D eigenvalue weighted by atomic mass is 16.5. The van der Waals surface area contributed by atoms with Crippen LogP contribution in [0.2, 0.25) is 0 Å². The number of fused-ring (bicyclic) bond motifs is 1. The molecule has 1 amide bonds. The van der Waals surface area contributed by atoms with Gasteiger partial charge in [0.05, 0.1) is 6.10 Å². The van der Waals surface area contributed by atoms with Crippen molar-refractivity contribution < 1.29 is 14.3 Å². The van der Waals surface area contributed by atoms with Gasteiger partial charge >= 0.3 is 0 Å². The molecule has 1 fully saturated rings. The summed E-state index contributed by atoms with van der Waals surface area (Å²) in [7, 11) is 0. The standard InChI is InChI=1S/C18H18N2O3/c19-10-15(18(21)20-11-16-5-3-7-22-16)9-13-8-14-4-1-2-6-17(14)23-12-13/h1-2,4,6,8-9,16H,3,5,7,11-12H2,(H,20,21)/b15-9+/t16-/m1/s1. The van der Waals surface area contributed by atoms with Gasteiger partial charge in [0.1, 0.15) is 24.0 Å². The van der Waals surface area contributed by atoms with Crippen LogP contribution in [0.1, 0.15) is 18.4 Å². The summed E-state index contributed by atoms with van der Waals surface area (Å²) < 4.78 is 11.1. The van der Waals surface area contributed by atoms with Crippen LogP contribution in [0.4, 0.5) is 0 Å². The van der Waals surface area contributed by atoms with Crippen molar-refractivity contribution in [1.82, 2.24) is 5.32 Å². The molecule has 118 valence electrons. The first-order valence-corrected chi connectivity index (χ1v) is 7.70. The van der Waals surface area contributed by atoms with E-state index in [1.165, 1.54) is 0 Å². The van der Waals surface area contributed by atoms with Crippen LogP contribution in [0, 0.1) is 11.3 Å². The highest BCUT2D eigenvalue weighted by Crippen LogP contribution is 2.26. The number of hydrogen-bond acceptors (Lipinski definition) is 4. The zero-order valence-corrected chi connectivity index (χ0v) is 12.7. The third-order valence-corrected chi connectivity index (χ3v) is 3.86. The van der Waals surface area contributed by atoms with E-state index in [1.807, 2.05) is 36.4 Å². The number of amides is 1. The van der Waals surface area contributed by atoms with E-state index in [1.54, 1.807) is 6.08 Å². The Labute approximate surface area is 135 Å². The summed E-state index contributed by atoms with van der Waals surface area (Å²) in [4.78, 5) is 12.1. The number of rotatable bonds is 4. The summed E-state index contributed by atoms with van der Waals surface area (Å²) in [6, 6.07) is 9.62. The summed E-state index contributed by atoms with van der Waals surface area (Å²) in [6.07, 6.45) is 5.54. The molecule has 1 atom stereocenters. The second-order valence-corrected chi connectivity index (χ2v) is 5.56. The minimum atomic E-state index is -0.372. The number of hydrogen-bond donors (Lipinski definition) is 1. The van der Waals surface area contributed by atoms with Gasteiger partial charge in [0.15, 0.2) is 0 Å². The van der Waals surface area contributed by atoms with Crippen molar-refractivity contribution in [3.05, 3.63) is 47.1 Å². The van der Waals surface area contributed by atoms with Crippen LogP contribution in [-0.2, 0) is 9.53 Å². The summed E-state index contributed by atoms with van der Waals surface area (Å²) in [6.45, 7) is 1.53. The third-order valence-electron chi connectivity index (χ3n) is 3.86. The lowest BCUT2D eigenvalue weighted by Crippen LogP contribution is -2.32. The van der Waals surface area contributed by atoms with Crippen molar-refractivity contribution in [1.29, 1.82) is 5.26 Å². The van der Waals surface area contributed by atoms with Gasteiger partial charge < -0.3 is 14.8 Å². The molecule has 0 radical (unpaired) electrons. The van der Waals surface area contributed by atoms with E-state index in [4.69, 9.17) is 9.47 Å². The molecular weight excluding hydrogens is 292 g/mol. The van der Waals surface area contributed by atoms with Crippen LogP contribution in [0.5, 0.6) is 5.75 Å². The predicted molar refractivity (Wildman–Crippen MR) is 85.6 cm³/mol. The predicted octanol–water partition coefficient (Wildman–Crippen LogP) is 2.21. The summed E-state index contributed by atoms with van der Waals surface area (Å²) in [5, 5.41) is 12.0. The van der Waals surface area contributed by atoms with Crippen molar-refractivity contribution in [2.45, 2.75) is 18.9 Å². The highest BCUT2D eigenvalue weighted by Gasteiger charge is 2.18. The van der Waals surface area contributed by atoms with Crippen LogP contribution in [0.25, 0.3) is 6.08 Å². The molecule has 5 heteroatoms. The largest absolute Gasteiger partial charge is 0.488 e. The van der Waals surface area contributed by atoms with Gasteiger partial charge in [-0.1, -0.05) is 18.2 Å². The quantitative estimate of drug-likeness (QED) is 0.683. The zero-order valence-electron chi connectivity index (χ0n) is 12.7. The third kappa shape index (κ3) is 3.79. The maximum Gasteiger partial charge on any atom is 0.262 e. The average Bonchev–Trinajstić information content (AvgIpc) is 3.11. The van der Waals surface area contributed by atoms with Crippen LogP contribution >= 0.6 is 0 Å². The zero-order chi connectivity index (χ0) is 16.1. The van der Waals surface area contributed by atoms with Crippen molar-refractivity contribution in [2.75, 3.05) is 19.8 Å². The van der Waals surface area contributed by atoms with Gasteiger partial charge in [-0.2, -0.15) is 5.26 Å². The molecule has 2 aliphatic rings. The van der Waals surface area contributed by atoms with Gasteiger partial charge in [-0.25, -0.2) is 0 Å². The number of nitrogens with zero attached hydrogens (tertiary/aromatic N) is 1. The molecule has 0 saturated carbocycles. The Morgan fingerprint density at radius 2 is 2.30 bits per heavy atom. The molecule has 5 nitrogen and oxygen atoms in total. The van der Waals surface area contributed by atoms with Gasteiger partial charge in [-0.15, -0.1) is 0 Å². The number of nitrogens with one attached hydrogen (secondary N) is 1.